The van der Waals surface area contributed by atoms with Crippen molar-refractivity contribution in [2.75, 3.05) is 20.1 Å². The van der Waals surface area contributed by atoms with Crippen molar-refractivity contribution in [2.24, 2.45) is 11.1 Å². The lowest BCUT2D eigenvalue weighted by Crippen LogP contribution is -2.27. The van der Waals surface area contributed by atoms with Crippen molar-refractivity contribution >= 4 is 11.3 Å². The van der Waals surface area contributed by atoms with Gasteiger partial charge in [0.05, 0.1) is 0 Å². The van der Waals surface area contributed by atoms with E-state index in [2.05, 4.69) is 29.5 Å². The second-order valence-corrected chi connectivity index (χ2v) is 5.82. The minimum absolute atomic E-state index is 0.570. The smallest absolute Gasteiger partial charge is 0.0325 e. The van der Waals surface area contributed by atoms with E-state index < -0.39 is 0 Å². The van der Waals surface area contributed by atoms with Crippen LogP contribution in [-0.2, 0) is 6.54 Å². The molecule has 1 aromatic heterocycles. The summed E-state index contributed by atoms with van der Waals surface area (Å²) in [5.74, 6) is 0. The highest BCUT2D eigenvalue weighted by molar-refractivity contribution is 7.09. The van der Waals surface area contributed by atoms with Crippen LogP contribution in [0, 0.1) is 5.41 Å². The minimum Gasteiger partial charge on any atom is -0.330 e. The van der Waals surface area contributed by atoms with E-state index in [-0.39, 0.29) is 0 Å². The molecular formula is C12H20N2S. The minimum atomic E-state index is 0.570. The summed E-state index contributed by atoms with van der Waals surface area (Å²) in [6, 6.07) is 4.34. The van der Waals surface area contributed by atoms with Crippen molar-refractivity contribution in [1.29, 1.82) is 0 Å². The Morgan fingerprint density at radius 3 is 2.87 bits per heavy atom. The third-order valence-corrected chi connectivity index (χ3v) is 4.10. The van der Waals surface area contributed by atoms with Crippen LogP contribution in [0.15, 0.2) is 17.5 Å². The Kier molecular flexibility index (Phi) is 3.44. The monoisotopic (exact) mass is 224 g/mol. The van der Waals surface area contributed by atoms with Crippen LogP contribution in [0.3, 0.4) is 0 Å². The van der Waals surface area contributed by atoms with Gasteiger partial charge in [-0.15, -0.1) is 11.3 Å². The first-order valence-corrected chi connectivity index (χ1v) is 6.53. The molecule has 0 atom stereocenters. The van der Waals surface area contributed by atoms with Gasteiger partial charge in [-0.1, -0.05) is 6.07 Å². The summed E-state index contributed by atoms with van der Waals surface area (Å²) in [4.78, 5) is 3.90. The van der Waals surface area contributed by atoms with E-state index in [0.717, 1.165) is 13.1 Å². The molecule has 0 saturated heterocycles. The summed E-state index contributed by atoms with van der Waals surface area (Å²) in [6.07, 6.45) is 3.94. The van der Waals surface area contributed by atoms with Crippen LogP contribution in [0.5, 0.6) is 0 Å². The molecule has 1 aliphatic carbocycles. The van der Waals surface area contributed by atoms with Crippen molar-refractivity contribution in [2.45, 2.75) is 25.8 Å². The van der Waals surface area contributed by atoms with E-state index in [1.807, 2.05) is 11.3 Å². The van der Waals surface area contributed by atoms with Crippen LogP contribution in [0.4, 0.5) is 0 Å². The van der Waals surface area contributed by atoms with Crippen molar-refractivity contribution in [3.63, 3.8) is 0 Å². The lowest BCUT2D eigenvalue weighted by molar-refractivity contribution is 0.250. The predicted molar refractivity (Wildman–Crippen MR) is 66.0 cm³/mol. The maximum Gasteiger partial charge on any atom is 0.0325 e. The van der Waals surface area contributed by atoms with Gasteiger partial charge in [-0.2, -0.15) is 0 Å². The zero-order valence-corrected chi connectivity index (χ0v) is 10.2. The molecule has 1 aliphatic rings. The Labute approximate surface area is 96.1 Å². The van der Waals surface area contributed by atoms with Gasteiger partial charge in [0.2, 0.25) is 0 Å². The number of hydrogen-bond donors (Lipinski definition) is 1. The molecule has 2 rings (SSSR count). The van der Waals surface area contributed by atoms with Gasteiger partial charge < -0.3 is 10.6 Å². The molecule has 0 amide bonds. The van der Waals surface area contributed by atoms with E-state index in [9.17, 15) is 0 Å². The van der Waals surface area contributed by atoms with Crippen molar-refractivity contribution in [3.8, 4) is 0 Å². The number of hydrogen-bond acceptors (Lipinski definition) is 3. The third-order valence-electron chi connectivity index (χ3n) is 3.24. The molecule has 15 heavy (non-hydrogen) atoms. The predicted octanol–water partition coefficient (Wildman–Crippen LogP) is 2.31. The molecule has 0 unspecified atom stereocenters. The Morgan fingerprint density at radius 1 is 1.53 bits per heavy atom. The second-order valence-electron chi connectivity index (χ2n) is 4.79. The van der Waals surface area contributed by atoms with Gasteiger partial charge in [0.15, 0.2) is 0 Å². The van der Waals surface area contributed by atoms with Gasteiger partial charge in [0.1, 0.15) is 0 Å². The molecule has 0 aromatic carbocycles. The Morgan fingerprint density at radius 2 is 2.33 bits per heavy atom. The Balaban J connectivity index is 1.80. The molecule has 0 aliphatic heterocycles. The molecule has 1 fully saturated rings. The standard InChI is InChI=1S/C12H20N2S/c1-14(9-11-3-2-8-15-11)10-12(4-5-12)6-7-13/h2-3,8H,4-7,9-10,13H2,1H3. The quantitative estimate of drug-likeness (QED) is 0.803. The van der Waals surface area contributed by atoms with Gasteiger partial charge in [-0.3, -0.25) is 0 Å². The summed E-state index contributed by atoms with van der Waals surface area (Å²) >= 11 is 1.84. The summed E-state index contributed by atoms with van der Waals surface area (Å²) in [7, 11) is 2.22. The number of rotatable bonds is 6. The van der Waals surface area contributed by atoms with Crippen molar-refractivity contribution < 1.29 is 0 Å². The number of nitrogens with zero attached hydrogens (tertiary/aromatic N) is 1. The summed E-state index contributed by atoms with van der Waals surface area (Å²) < 4.78 is 0. The first-order valence-electron chi connectivity index (χ1n) is 5.65. The van der Waals surface area contributed by atoms with E-state index in [1.165, 1.54) is 30.7 Å². The zero-order chi connectivity index (χ0) is 10.7. The molecular weight excluding hydrogens is 204 g/mol. The van der Waals surface area contributed by atoms with Crippen molar-refractivity contribution in [1.82, 2.24) is 4.90 Å². The van der Waals surface area contributed by atoms with Crippen LogP contribution in [0.1, 0.15) is 24.1 Å². The fourth-order valence-electron chi connectivity index (χ4n) is 2.27. The maximum atomic E-state index is 5.65. The molecule has 0 spiro atoms. The van der Waals surface area contributed by atoms with Gasteiger partial charge >= 0.3 is 0 Å². The fourth-order valence-corrected chi connectivity index (χ4v) is 3.05. The Bertz CT molecular complexity index is 291. The van der Waals surface area contributed by atoms with Gasteiger partial charge in [0.25, 0.3) is 0 Å². The van der Waals surface area contributed by atoms with Gasteiger partial charge in [0, 0.05) is 18.0 Å². The summed E-state index contributed by atoms with van der Waals surface area (Å²) in [5.41, 5.74) is 6.22. The lowest BCUT2D eigenvalue weighted by atomic mass is 10.0. The highest BCUT2D eigenvalue weighted by atomic mass is 32.1. The number of thiophene rings is 1. The summed E-state index contributed by atoms with van der Waals surface area (Å²) in [6.45, 7) is 3.14. The van der Waals surface area contributed by atoms with Gasteiger partial charge in [-0.25, -0.2) is 0 Å². The van der Waals surface area contributed by atoms with Crippen LogP contribution in [0.2, 0.25) is 0 Å². The first-order chi connectivity index (χ1) is 7.24. The lowest BCUT2D eigenvalue weighted by Gasteiger charge is -2.22. The van der Waals surface area contributed by atoms with E-state index in [1.54, 1.807) is 0 Å². The van der Waals surface area contributed by atoms with E-state index in [4.69, 9.17) is 5.73 Å². The van der Waals surface area contributed by atoms with Crippen LogP contribution in [-0.4, -0.2) is 25.0 Å². The van der Waals surface area contributed by atoms with E-state index >= 15 is 0 Å². The van der Waals surface area contributed by atoms with Crippen LogP contribution in [0.25, 0.3) is 0 Å². The Hall–Kier alpha value is -0.380. The van der Waals surface area contributed by atoms with Crippen LogP contribution >= 0.6 is 11.3 Å². The molecule has 2 nitrogen and oxygen atoms in total. The molecule has 1 aromatic rings. The molecule has 0 radical (unpaired) electrons. The fraction of sp³-hybridized carbons (Fsp3) is 0.667. The molecule has 3 heteroatoms. The molecule has 1 heterocycles. The average Bonchev–Trinajstić information content (AvgIpc) is 2.75. The maximum absolute atomic E-state index is 5.65. The van der Waals surface area contributed by atoms with Gasteiger partial charge in [-0.05, 0) is 49.7 Å². The average molecular weight is 224 g/mol. The zero-order valence-electron chi connectivity index (χ0n) is 9.41. The molecule has 84 valence electrons. The first kappa shape index (κ1) is 11.1. The SMILES string of the molecule is CN(Cc1cccs1)CC1(CCN)CC1. The molecule has 1 saturated carbocycles. The highest BCUT2D eigenvalue weighted by Gasteiger charge is 2.42. The molecule has 2 N–H and O–H groups in total. The topological polar surface area (TPSA) is 29.3 Å². The second kappa shape index (κ2) is 4.64. The van der Waals surface area contributed by atoms with E-state index in [0.29, 0.717) is 5.41 Å². The molecule has 0 bridgehead atoms. The third kappa shape index (κ3) is 3.03. The normalized spacial score (nSPS) is 18.3. The summed E-state index contributed by atoms with van der Waals surface area (Å²) in [5, 5.41) is 2.15. The highest BCUT2D eigenvalue weighted by Crippen LogP contribution is 2.48. The largest absolute Gasteiger partial charge is 0.330 e. The van der Waals surface area contributed by atoms with Crippen LogP contribution < -0.4 is 5.73 Å². The van der Waals surface area contributed by atoms with Crippen molar-refractivity contribution in [3.05, 3.63) is 22.4 Å². The number of nitrogens with two attached hydrogens (primary N) is 1.